The Morgan fingerprint density at radius 1 is 1.56 bits per heavy atom. The quantitative estimate of drug-likeness (QED) is 0.479. The van der Waals surface area contributed by atoms with Crippen molar-refractivity contribution in [3.8, 4) is 5.69 Å². The number of halogens is 1. The Morgan fingerprint density at radius 3 is 3.00 bits per heavy atom. The molecule has 2 aromatic heterocycles. The lowest BCUT2D eigenvalue weighted by Gasteiger charge is -2.24. The third-order valence-electron chi connectivity index (χ3n) is 3.62. The second kappa shape index (κ2) is 9.96. The highest BCUT2D eigenvalue weighted by Crippen LogP contribution is 2.27. The summed E-state index contributed by atoms with van der Waals surface area (Å²) in [6.07, 6.45) is 7.16. The highest BCUT2D eigenvalue weighted by molar-refractivity contribution is 7.98. The average Bonchev–Trinajstić information content (AvgIpc) is 3.01. The molecule has 0 aliphatic rings. The fourth-order valence-corrected chi connectivity index (χ4v) is 3.68. The van der Waals surface area contributed by atoms with Crippen LogP contribution in [0.5, 0.6) is 0 Å². The van der Waals surface area contributed by atoms with E-state index in [1.54, 1.807) is 39.9 Å². The first-order chi connectivity index (χ1) is 12.1. The summed E-state index contributed by atoms with van der Waals surface area (Å²) in [4.78, 5) is 18.7. The number of rotatable bonds is 9. The highest BCUT2D eigenvalue weighted by atomic mass is 35.5. The third-order valence-corrected chi connectivity index (χ3v) is 5.42. The number of thioether (sulfide) groups is 1. The van der Waals surface area contributed by atoms with E-state index < -0.39 is 9.76 Å². The minimum atomic E-state index is -0.513. The number of hydrogen-bond acceptors (Lipinski definition) is 5. The molecule has 0 N–H and O–H groups in total. The van der Waals surface area contributed by atoms with Gasteiger partial charge in [-0.1, -0.05) is 25.1 Å². The summed E-state index contributed by atoms with van der Waals surface area (Å²) in [6.45, 7) is 4.97. The van der Waals surface area contributed by atoms with E-state index in [1.165, 1.54) is 0 Å². The van der Waals surface area contributed by atoms with Crippen molar-refractivity contribution in [1.82, 2.24) is 14.8 Å². The van der Waals surface area contributed by atoms with E-state index in [-0.39, 0.29) is 11.8 Å². The second-order valence-corrected chi connectivity index (χ2v) is 7.76. The Morgan fingerprint density at radius 2 is 2.36 bits per heavy atom. The summed E-state index contributed by atoms with van der Waals surface area (Å²) in [5.74, 6) is 0.683. The van der Waals surface area contributed by atoms with Crippen LogP contribution in [0.2, 0.25) is 11.7 Å². The maximum atomic E-state index is 12.9. The first-order valence-corrected chi connectivity index (χ1v) is 11.9. The van der Waals surface area contributed by atoms with Crippen LogP contribution in [-0.2, 0) is 9.22 Å². The maximum Gasteiger partial charge on any atom is 0.230 e. The van der Waals surface area contributed by atoms with Crippen LogP contribution in [0.4, 0.5) is 5.69 Å². The monoisotopic (exact) mass is 398 g/mol. The summed E-state index contributed by atoms with van der Waals surface area (Å²) in [5, 5.41) is 4.62. The average molecular weight is 399 g/mol. The fourth-order valence-electron chi connectivity index (χ4n) is 2.38. The van der Waals surface area contributed by atoms with Gasteiger partial charge >= 0.3 is 0 Å². The van der Waals surface area contributed by atoms with E-state index in [9.17, 15) is 4.79 Å². The molecule has 0 saturated carbocycles. The van der Waals surface area contributed by atoms with Gasteiger partial charge in [0.15, 0.2) is 14.9 Å². The van der Waals surface area contributed by atoms with Crippen LogP contribution in [0.3, 0.4) is 0 Å². The van der Waals surface area contributed by atoms with Crippen molar-refractivity contribution in [1.29, 1.82) is 0 Å². The predicted octanol–water partition coefficient (Wildman–Crippen LogP) is 2.40. The Kier molecular flexibility index (Phi) is 7.95. The number of nitrogens with zero attached hydrogens (tertiary/aromatic N) is 4. The number of carbonyl (C=O) groups excluding carboxylic acids is 1. The SMILES string of the molecule is C[SiH2]OCCN(C(=O)C(C)CSC)c1cn(-c2cccnc2)nc1Cl. The van der Waals surface area contributed by atoms with Crippen molar-refractivity contribution in [2.45, 2.75) is 13.5 Å². The molecular weight excluding hydrogens is 376 g/mol. The summed E-state index contributed by atoms with van der Waals surface area (Å²) in [6, 6.07) is 3.71. The van der Waals surface area contributed by atoms with Gasteiger partial charge in [-0.3, -0.25) is 9.78 Å². The molecule has 0 saturated heterocycles. The zero-order valence-electron chi connectivity index (χ0n) is 14.7. The Labute approximate surface area is 159 Å². The fraction of sp³-hybridized carbons (Fsp3) is 0.438. The molecule has 0 radical (unpaired) electrons. The number of aromatic nitrogens is 3. The lowest BCUT2D eigenvalue weighted by atomic mass is 10.2. The Balaban J connectivity index is 2.30. The van der Waals surface area contributed by atoms with Crippen LogP contribution in [0.1, 0.15) is 6.92 Å². The van der Waals surface area contributed by atoms with Gasteiger partial charge in [-0.25, -0.2) is 4.68 Å². The molecule has 2 heterocycles. The molecule has 9 heteroatoms. The molecule has 0 fully saturated rings. The van der Waals surface area contributed by atoms with Crippen LogP contribution < -0.4 is 4.90 Å². The summed E-state index contributed by atoms with van der Waals surface area (Å²) in [7, 11) is -0.513. The van der Waals surface area contributed by atoms with Gasteiger partial charge in [-0.15, -0.1) is 0 Å². The minimum Gasteiger partial charge on any atom is -0.422 e. The van der Waals surface area contributed by atoms with Crippen LogP contribution in [-0.4, -0.2) is 55.6 Å². The van der Waals surface area contributed by atoms with E-state index in [1.807, 2.05) is 25.3 Å². The van der Waals surface area contributed by atoms with Gasteiger partial charge in [0.25, 0.3) is 0 Å². The first kappa shape index (κ1) is 20.0. The number of carbonyl (C=O) groups is 1. The van der Waals surface area contributed by atoms with E-state index >= 15 is 0 Å². The van der Waals surface area contributed by atoms with Gasteiger partial charge in [0.05, 0.1) is 24.7 Å². The number of amides is 1. The minimum absolute atomic E-state index is 0.0309. The molecule has 25 heavy (non-hydrogen) atoms. The van der Waals surface area contributed by atoms with Crippen molar-refractivity contribution in [2.75, 3.05) is 30.1 Å². The van der Waals surface area contributed by atoms with Crippen LogP contribution in [0.25, 0.3) is 5.69 Å². The van der Waals surface area contributed by atoms with Crippen molar-refractivity contribution < 1.29 is 9.22 Å². The zero-order chi connectivity index (χ0) is 18.2. The molecule has 6 nitrogen and oxygen atoms in total. The Hall–Kier alpha value is -1.35. The van der Waals surface area contributed by atoms with Gasteiger partial charge in [0.2, 0.25) is 5.91 Å². The van der Waals surface area contributed by atoms with Gasteiger partial charge in [-0.05, 0) is 18.4 Å². The molecule has 0 spiro atoms. The molecule has 0 aromatic carbocycles. The van der Waals surface area contributed by atoms with E-state index in [2.05, 4.69) is 16.6 Å². The van der Waals surface area contributed by atoms with Gasteiger partial charge < -0.3 is 9.33 Å². The number of hydrogen-bond donors (Lipinski definition) is 0. The molecule has 2 aromatic rings. The topological polar surface area (TPSA) is 60.2 Å². The third kappa shape index (κ3) is 5.31. The molecule has 136 valence electrons. The number of anilines is 1. The van der Waals surface area contributed by atoms with Gasteiger partial charge in [0, 0.05) is 24.4 Å². The van der Waals surface area contributed by atoms with E-state index in [0.29, 0.717) is 24.0 Å². The van der Waals surface area contributed by atoms with Crippen molar-refractivity contribution in [2.24, 2.45) is 5.92 Å². The van der Waals surface area contributed by atoms with Crippen LogP contribution in [0.15, 0.2) is 30.7 Å². The molecule has 1 amide bonds. The van der Waals surface area contributed by atoms with Gasteiger partial charge in [-0.2, -0.15) is 16.9 Å². The van der Waals surface area contributed by atoms with Crippen LogP contribution >= 0.6 is 23.4 Å². The molecule has 0 aliphatic carbocycles. The lowest BCUT2D eigenvalue weighted by molar-refractivity contribution is -0.121. The molecule has 1 unspecified atom stereocenters. The maximum absolute atomic E-state index is 12.9. The zero-order valence-corrected chi connectivity index (χ0v) is 17.7. The predicted molar refractivity (Wildman–Crippen MR) is 107 cm³/mol. The Bertz CT molecular complexity index is 686. The molecule has 0 aliphatic heterocycles. The van der Waals surface area contributed by atoms with Crippen molar-refractivity contribution >= 4 is 44.7 Å². The van der Waals surface area contributed by atoms with E-state index in [4.69, 9.17) is 16.0 Å². The van der Waals surface area contributed by atoms with Crippen molar-refractivity contribution in [3.63, 3.8) is 0 Å². The molecule has 2 rings (SSSR count). The lowest BCUT2D eigenvalue weighted by Crippen LogP contribution is -2.38. The van der Waals surface area contributed by atoms with Crippen molar-refractivity contribution in [3.05, 3.63) is 35.9 Å². The largest absolute Gasteiger partial charge is 0.422 e. The summed E-state index contributed by atoms with van der Waals surface area (Å²) in [5.41, 5.74) is 1.39. The second-order valence-electron chi connectivity index (χ2n) is 5.50. The standard InChI is InChI=1S/C16H23ClN4O2SSi/c1-12(11-24-2)16(22)20(7-8-23-25-3)14-10-21(19-15(14)17)13-5-4-6-18-9-13/h4-6,9-10,12H,7-8,11,25H2,1-3H3. The first-order valence-electron chi connectivity index (χ1n) is 8.12. The molecule has 0 bridgehead atoms. The van der Waals surface area contributed by atoms with Gasteiger partial charge in [0.1, 0.15) is 5.69 Å². The van der Waals surface area contributed by atoms with E-state index in [0.717, 1.165) is 11.4 Å². The number of pyridine rings is 1. The smallest absolute Gasteiger partial charge is 0.230 e. The molecular formula is C16H23ClN4O2SSi. The summed E-state index contributed by atoms with van der Waals surface area (Å²) < 4.78 is 7.20. The highest BCUT2D eigenvalue weighted by Gasteiger charge is 2.25. The normalized spacial score (nSPS) is 12.6. The summed E-state index contributed by atoms with van der Waals surface area (Å²) >= 11 is 8.00. The van der Waals surface area contributed by atoms with Crippen LogP contribution in [0, 0.1) is 5.92 Å². The molecule has 1 atom stereocenters.